The van der Waals surface area contributed by atoms with Gasteiger partial charge in [-0.15, -0.1) is 0 Å². The number of aromatic nitrogens is 3. The van der Waals surface area contributed by atoms with Crippen molar-refractivity contribution < 1.29 is 4.42 Å². The van der Waals surface area contributed by atoms with E-state index in [4.69, 9.17) is 19.4 Å². The number of nitrogens with zero attached hydrogens (tertiary/aromatic N) is 3. The molecule has 0 spiro atoms. The van der Waals surface area contributed by atoms with E-state index in [1.54, 1.807) is 0 Å². The van der Waals surface area contributed by atoms with Crippen molar-refractivity contribution >= 4 is 32.7 Å². The van der Waals surface area contributed by atoms with Crippen LogP contribution in [0, 0.1) is 0 Å². The molecule has 53 heavy (non-hydrogen) atoms. The lowest BCUT2D eigenvalue weighted by atomic mass is 9.95. The van der Waals surface area contributed by atoms with Gasteiger partial charge in [-0.3, -0.25) is 0 Å². The molecule has 2 heterocycles. The molecule has 0 aliphatic heterocycles. The molecule has 0 atom stereocenters. The zero-order valence-corrected chi connectivity index (χ0v) is 28.5. The van der Waals surface area contributed by atoms with Crippen molar-refractivity contribution in [1.82, 2.24) is 15.0 Å². The van der Waals surface area contributed by atoms with Crippen LogP contribution in [0.15, 0.2) is 180 Å². The van der Waals surface area contributed by atoms with Crippen molar-refractivity contribution in [2.45, 2.75) is 0 Å². The second-order valence-electron chi connectivity index (χ2n) is 13.6. The van der Waals surface area contributed by atoms with Crippen molar-refractivity contribution in [1.29, 1.82) is 0 Å². The van der Waals surface area contributed by atoms with Gasteiger partial charge in [-0.2, -0.15) is 0 Å². The number of fused-ring (bicyclic) bond motifs is 6. The zero-order chi connectivity index (χ0) is 34.9. The number of para-hydroxylation sites is 1. The quantitative estimate of drug-likeness (QED) is 0.182. The predicted molar refractivity (Wildman–Crippen MR) is 216 cm³/mol. The van der Waals surface area contributed by atoms with Crippen LogP contribution in [0.1, 0.15) is 0 Å². The van der Waals surface area contributed by atoms with Crippen molar-refractivity contribution in [2.75, 3.05) is 0 Å². The maximum absolute atomic E-state index is 6.27. The van der Waals surface area contributed by atoms with Crippen molar-refractivity contribution in [3.63, 3.8) is 0 Å². The molecule has 0 saturated carbocycles. The summed E-state index contributed by atoms with van der Waals surface area (Å²) in [5.74, 6) is 1.83. The van der Waals surface area contributed by atoms with Crippen LogP contribution in [0.3, 0.4) is 0 Å². The topological polar surface area (TPSA) is 51.8 Å². The molecule has 246 valence electrons. The van der Waals surface area contributed by atoms with Gasteiger partial charge in [-0.25, -0.2) is 15.0 Å². The average Bonchev–Trinajstić information content (AvgIpc) is 3.78. The molecule has 0 N–H and O–H groups in total. The largest absolute Gasteiger partial charge is 0.456 e. The smallest absolute Gasteiger partial charge is 0.164 e. The molecule has 0 bridgehead atoms. The summed E-state index contributed by atoms with van der Waals surface area (Å²) in [6.45, 7) is 0. The second-order valence-corrected chi connectivity index (χ2v) is 13.6. The highest BCUT2D eigenvalue weighted by Crippen LogP contribution is 2.48. The summed E-state index contributed by atoms with van der Waals surface area (Å²) in [7, 11) is 0. The van der Waals surface area contributed by atoms with Crippen LogP contribution in [-0.4, -0.2) is 15.0 Å². The van der Waals surface area contributed by atoms with Crippen molar-refractivity contribution in [3.8, 4) is 78.7 Å². The lowest BCUT2D eigenvalue weighted by molar-refractivity contribution is 0.669. The van der Waals surface area contributed by atoms with Crippen LogP contribution < -0.4 is 0 Å². The molecular weight excluding hydrogens is 647 g/mol. The maximum atomic E-state index is 6.27. The molecule has 1 aliphatic rings. The van der Waals surface area contributed by atoms with Gasteiger partial charge in [0.05, 0.1) is 0 Å². The fraction of sp³-hybridized carbons (Fsp3) is 0. The van der Waals surface area contributed by atoms with Gasteiger partial charge >= 0.3 is 0 Å². The number of hydrogen-bond donors (Lipinski definition) is 0. The van der Waals surface area contributed by atoms with Crippen LogP contribution in [0.4, 0.5) is 0 Å². The van der Waals surface area contributed by atoms with E-state index in [1.807, 2.05) is 36.4 Å². The first-order valence-corrected chi connectivity index (χ1v) is 17.9. The summed E-state index contributed by atoms with van der Waals surface area (Å²) < 4.78 is 6.27. The first-order valence-electron chi connectivity index (χ1n) is 17.9. The first kappa shape index (κ1) is 29.5. The molecular formula is C49H29N3O. The van der Waals surface area contributed by atoms with Crippen LogP contribution in [0.5, 0.6) is 0 Å². The van der Waals surface area contributed by atoms with E-state index in [0.29, 0.717) is 17.5 Å². The summed E-state index contributed by atoms with van der Waals surface area (Å²) in [4.78, 5) is 15.5. The minimum atomic E-state index is 0.600. The van der Waals surface area contributed by atoms with Gasteiger partial charge in [0.15, 0.2) is 17.5 Å². The van der Waals surface area contributed by atoms with E-state index in [0.717, 1.165) is 55.3 Å². The fourth-order valence-corrected chi connectivity index (χ4v) is 7.98. The molecule has 1 aliphatic carbocycles. The Morgan fingerprint density at radius 3 is 1.75 bits per heavy atom. The van der Waals surface area contributed by atoms with Gasteiger partial charge in [0.2, 0.25) is 0 Å². The third-order valence-corrected chi connectivity index (χ3v) is 10.5. The lowest BCUT2D eigenvalue weighted by Crippen LogP contribution is -2.00. The second kappa shape index (κ2) is 11.7. The van der Waals surface area contributed by atoms with Crippen LogP contribution >= 0.6 is 0 Å². The molecule has 4 heteroatoms. The van der Waals surface area contributed by atoms with Gasteiger partial charge in [0.25, 0.3) is 0 Å². The highest BCUT2D eigenvalue weighted by Gasteiger charge is 2.22. The Morgan fingerprint density at radius 1 is 0.302 bits per heavy atom. The van der Waals surface area contributed by atoms with Crippen molar-refractivity contribution in [2.24, 2.45) is 0 Å². The van der Waals surface area contributed by atoms with E-state index in [2.05, 4.69) is 140 Å². The highest BCUT2D eigenvalue weighted by atomic mass is 16.3. The summed E-state index contributed by atoms with van der Waals surface area (Å²) >= 11 is 0. The van der Waals surface area contributed by atoms with Gasteiger partial charge < -0.3 is 4.42 Å². The molecule has 4 nitrogen and oxygen atoms in total. The summed E-state index contributed by atoms with van der Waals surface area (Å²) in [6, 6.07) is 61.6. The Hall–Kier alpha value is -7.17. The first-order chi connectivity index (χ1) is 26.2. The van der Waals surface area contributed by atoms with E-state index >= 15 is 0 Å². The molecule has 11 rings (SSSR count). The Balaban J connectivity index is 1.08. The Labute approximate surface area is 305 Å². The van der Waals surface area contributed by atoms with E-state index in [1.165, 1.54) is 38.6 Å². The number of furan rings is 1. The molecule has 2 aromatic heterocycles. The van der Waals surface area contributed by atoms with Crippen LogP contribution in [0.2, 0.25) is 0 Å². The van der Waals surface area contributed by atoms with Gasteiger partial charge in [0, 0.05) is 27.5 Å². The highest BCUT2D eigenvalue weighted by molar-refractivity contribution is 6.16. The SMILES string of the molecule is c1ccc(-c2ccc(-c3nc(-c4cccc(-c5cc6c7c(cccc7c5)-c5ccccc5-6)c4)nc(-c4cccc5oc6ccccc6c45)n3)cc2)cc1. The van der Waals surface area contributed by atoms with Crippen molar-refractivity contribution in [3.05, 3.63) is 176 Å². The minimum absolute atomic E-state index is 0.600. The van der Waals surface area contributed by atoms with E-state index in [9.17, 15) is 0 Å². The summed E-state index contributed by atoms with van der Waals surface area (Å²) in [5, 5.41) is 4.58. The standard InChI is InChI=1S/C49H29N3O/c1-2-11-30(12-3-1)31-23-25-32(26-24-31)47-50-48(52-49(51-47)41-20-10-22-44-46(41)40-18-6-7-21-43(40)53-44)35-15-8-13-33(27-35)36-28-34-14-9-19-39-37-16-4-5-17-38(37)42(29-36)45(34)39/h1-29H. The third kappa shape index (κ3) is 4.80. The molecule has 0 fully saturated rings. The van der Waals surface area contributed by atoms with Crippen LogP contribution in [0.25, 0.3) is 111 Å². The summed E-state index contributed by atoms with van der Waals surface area (Å²) in [6.07, 6.45) is 0. The maximum Gasteiger partial charge on any atom is 0.164 e. The molecule has 0 amide bonds. The van der Waals surface area contributed by atoms with Gasteiger partial charge in [0.1, 0.15) is 11.2 Å². The van der Waals surface area contributed by atoms with Crippen LogP contribution in [-0.2, 0) is 0 Å². The Bertz CT molecular complexity index is 3050. The molecule has 0 saturated heterocycles. The van der Waals surface area contributed by atoms with Gasteiger partial charge in [-0.1, -0.05) is 146 Å². The zero-order valence-electron chi connectivity index (χ0n) is 28.5. The van der Waals surface area contributed by atoms with E-state index in [-0.39, 0.29) is 0 Å². The lowest BCUT2D eigenvalue weighted by Gasteiger charge is -2.12. The molecule has 8 aromatic carbocycles. The number of benzene rings is 8. The Kier molecular flexibility index (Phi) is 6.52. The number of hydrogen-bond acceptors (Lipinski definition) is 4. The van der Waals surface area contributed by atoms with E-state index < -0.39 is 0 Å². The summed E-state index contributed by atoms with van der Waals surface area (Å²) in [5.41, 5.74) is 14.1. The third-order valence-electron chi connectivity index (χ3n) is 10.5. The van der Waals surface area contributed by atoms with Gasteiger partial charge in [-0.05, 0) is 85.6 Å². The Morgan fingerprint density at radius 2 is 0.887 bits per heavy atom. The fourth-order valence-electron chi connectivity index (χ4n) is 7.98. The molecule has 10 aromatic rings. The minimum Gasteiger partial charge on any atom is -0.456 e. The monoisotopic (exact) mass is 675 g/mol. The normalized spacial score (nSPS) is 11.8. The predicted octanol–water partition coefficient (Wildman–Crippen LogP) is 12.9. The molecule has 0 radical (unpaired) electrons. The number of rotatable bonds is 5. The average molecular weight is 676 g/mol. The molecule has 0 unspecified atom stereocenters.